The van der Waals surface area contributed by atoms with Gasteiger partial charge in [-0.1, -0.05) is 6.42 Å². The molecule has 4 nitrogen and oxygen atoms in total. The van der Waals surface area contributed by atoms with Crippen LogP contribution in [0.4, 0.5) is 0 Å². The van der Waals surface area contributed by atoms with Crippen molar-refractivity contribution in [3.05, 3.63) is 22.1 Å². The van der Waals surface area contributed by atoms with Gasteiger partial charge < -0.3 is 5.32 Å². The Kier molecular flexibility index (Phi) is 2.59. The molecule has 1 atom stereocenters. The minimum atomic E-state index is 0.149. The van der Waals surface area contributed by atoms with E-state index in [0.717, 1.165) is 31.6 Å². The average molecular weight is 221 g/mol. The lowest BCUT2D eigenvalue weighted by atomic mass is 9.83. The minimum absolute atomic E-state index is 0.149. The van der Waals surface area contributed by atoms with Crippen LogP contribution in [0.15, 0.2) is 10.9 Å². The molecule has 3 rings (SSSR count). The largest absolute Gasteiger partial charge is 0.315 e. The molecule has 0 aromatic carbocycles. The van der Waals surface area contributed by atoms with Crippen molar-refractivity contribution in [2.75, 3.05) is 13.1 Å². The lowest BCUT2D eigenvalue weighted by Gasteiger charge is -2.25. The van der Waals surface area contributed by atoms with E-state index >= 15 is 0 Å². The Morgan fingerprint density at radius 2 is 2.12 bits per heavy atom. The zero-order valence-electron chi connectivity index (χ0n) is 9.54. The Bertz CT molecular complexity index is 410. The van der Waals surface area contributed by atoms with E-state index < -0.39 is 0 Å². The maximum Gasteiger partial charge on any atom is 0.267 e. The maximum absolute atomic E-state index is 11.9. The van der Waals surface area contributed by atoms with Gasteiger partial charge in [0.15, 0.2) is 0 Å². The van der Waals surface area contributed by atoms with Crippen LogP contribution in [0.2, 0.25) is 0 Å². The molecule has 2 aliphatic rings. The molecule has 1 aliphatic heterocycles. The van der Waals surface area contributed by atoms with E-state index in [0.29, 0.717) is 12.0 Å². The molecular weight excluding hydrogens is 202 g/mol. The number of hydrogen-bond acceptors (Lipinski definition) is 2. The van der Waals surface area contributed by atoms with E-state index in [1.54, 1.807) is 6.07 Å². The Labute approximate surface area is 95.0 Å². The smallest absolute Gasteiger partial charge is 0.267 e. The molecule has 16 heavy (non-hydrogen) atoms. The highest BCUT2D eigenvalue weighted by Crippen LogP contribution is 2.34. The van der Waals surface area contributed by atoms with Crippen molar-refractivity contribution >= 4 is 0 Å². The molecule has 1 aromatic heterocycles. The molecule has 1 saturated heterocycles. The molecule has 88 valence electrons. The van der Waals surface area contributed by atoms with E-state index in [1.165, 1.54) is 19.3 Å². The average Bonchev–Trinajstić information content (AvgIpc) is 2.59. The summed E-state index contributed by atoms with van der Waals surface area (Å²) >= 11 is 0. The van der Waals surface area contributed by atoms with Crippen LogP contribution in [0.5, 0.6) is 0 Å². The van der Waals surface area contributed by atoms with Crippen LogP contribution < -0.4 is 10.9 Å². The third-order valence-electron chi connectivity index (χ3n) is 3.95. The summed E-state index contributed by atoms with van der Waals surface area (Å²) in [6, 6.07) is 2.13. The van der Waals surface area contributed by atoms with Gasteiger partial charge in [-0.15, -0.1) is 0 Å². The van der Waals surface area contributed by atoms with E-state index in [9.17, 15) is 4.79 Å². The van der Waals surface area contributed by atoms with Gasteiger partial charge >= 0.3 is 0 Å². The highest BCUT2D eigenvalue weighted by atomic mass is 16.1. The second-order valence-electron chi connectivity index (χ2n) is 5.05. The monoisotopic (exact) mass is 221 g/mol. The molecule has 0 amide bonds. The molecule has 1 saturated carbocycles. The summed E-state index contributed by atoms with van der Waals surface area (Å²) in [7, 11) is 0. The van der Waals surface area contributed by atoms with Crippen LogP contribution in [0, 0.1) is 0 Å². The third kappa shape index (κ3) is 1.71. The van der Waals surface area contributed by atoms with Gasteiger partial charge in [-0.3, -0.25) is 9.89 Å². The number of rotatable bonds is 2. The first-order valence-corrected chi connectivity index (χ1v) is 6.37. The van der Waals surface area contributed by atoms with Crippen LogP contribution in [-0.2, 0) is 0 Å². The van der Waals surface area contributed by atoms with E-state index in [1.807, 2.05) is 4.68 Å². The molecular formula is C12H19N3O. The summed E-state index contributed by atoms with van der Waals surface area (Å²) < 4.78 is 1.83. The molecule has 0 radical (unpaired) electrons. The molecule has 0 bridgehead atoms. The highest BCUT2D eigenvalue weighted by Gasteiger charge is 2.24. The Hall–Kier alpha value is -1.03. The van der Waals surface area contributed by atoms with Gasteiger partial charge in [0.2, 0.25) is 0 Å². The molecule has 2 heterocycles. The predicted octanol–water partition coefficient (Wildman–Crippen LogP) is 1.37. The van der Waals surface area contributed by atoms with Gasteiger partial charge in [0.05, 0.1) is 6.04 Å². The molecule has 0 spiro atoms. The molecule has 4 heteroatoms. The van der Waals surface area contributed by atoms with Crippen LogP contribution in [-0.4, -0.2) is 22.9 Å². The molecule has 0 unspecified atom stereocenters. The molecule has 1 aliphatic carbocycles. The number of H-pyrrole nitrogens is 1. The van der Waals surface area contributed by atoms with Gasteiger partial charge in [0.1, 0.15) is 0 Å². The fraction of sp³-hybridized carbons (Fsp3) is 0.750. The summed E-state index contributed by atoms with van der Waals surface area (Å²) in [5, 5.41) is 6.66. The number of aromatic amines is 1. The van der Waals surface area contributed by atoms with Crippen LogP contribution in [0.3, 0.4) is 0 Å². The number of nitrogens with zero attached hydrogens (tertiary/aromatic N) is 1. The molecule has 1 aromatic rings. The second-order valence-corrected chi connectivity index (χ2v) is 5.05. The van der Waals surface area contributed by atoms with E-state index in [4.69, 9.17) is 0 Å². The SMILES string of the molecule is O=c1cc(C2CCC2)[nH]n1[C@@H]1CCCNC1. The molecule has 2 fully saturated rings. The van der Waals surface area contributed by atoms with Crippen molar-refractivity contribution in [3.8, 4) is 0 Å². The van der Waals surface area contributed by atoms with Gasteiger partial charge in [-0.2, -0.15) is 0 Å². The molecule has 2 N–H and O–H groups in total. The van der Waals surface area contributed by atoms with Crippen molar-refractivity contribution in [1.82, 2.24) is 15.1 Å². The number of hydrogen-bond donors (Lipinski definition) is 2. The Morgan fingerprint density at radius 1 is 1.25 bits per heavy atom. The van der Waals surface area contributed by atoms with Gasteiger partial charge in [0, 0.05) is 24.2 Å². The van der Waals surface area contributed by atoms with Crippen molar-refractivity contribution < 1.29 is 0 Å². The Balaban J connectivity index is 1.82. The lowest BCUT2D eigenvalue weighted by Crippen LogP contribution is -2.35. The number of nitrogens with one attached hydrogen (secondary N) is 2. The first-order chi connectivity index (χ1) is 7.84. The maximum atomic E-state index is 11.9. The fourth-order valence-corrected chi connectivity index (χ4v) is 2.68. The zero-order valence-corrected chi connectivity index (χ0v) is 9.54. The summed E-state index contributed by atoms with van der Waals surface area (Å²) in [6.45, 7) is 2.01. The van der Waals surface area contributed by atoms with Crippen LogP contribution >= 0.6 is 0 Å². The van der Waals surface area contributed by atoms with E-state index in [2.05, 4.69) is 10.4 Å². The van der Waals surface area contributed by atoms with Crippen molar-refractivity contribution in [1.29, 1.82) is 0 Å². The number of piperidine rings is 1. The first-order valence-electron chi connectivity index (χ1n) is 6.37. The Morgan fingerprint density at radius 3 is 2.75 bits per heavy atom. The minimum Gasteiger partial charge on any atom is -0.315 e. The highest BCUT2D eigenvalue weighted by molar-refractivity contribution is 5.10. The number of aromatic nitrogens is 2. The van der Waals surface area contributed by atoms with Crippen molar-refractivity contribution in [2.24, 2.45) is 0 Å². The van der Waals surface area contributed by atoms with Gasteiger partial charge in [-0.25, -0.2) is 4.68 Å². The summed E-state index contributed by atoms with van der Waals surface area (Å²) in [5.41, 5.74) is 1.30. The van der Waals surface area contributed by atoms with Crippen molar-refractivity contribution in [2.45, 2.75) is 44.1 Å². The van der Waals surface area contributed by atoms with E-state index in [-0.39, 0.29) is 5.56 Å². The summed E-state index contributed by atoms with van der Waals surface area (Å²) in [5.74, 6) is 0.616. The summed E-state index contributed by atoms with van der Waals surface area (Å²) in [4.78, 5) is 11.9. The summed E-state index contributed by atoms with van der Waals surface area (Å²) in [6.07, 6.45) is 6.06. The predicted molar refractivity (Wildman–Crippen MR) is 62.8 cm³/mol. The first kappa shape index (κ1) is 10.1. The van der Waals surface area contributed by atoms with Crippen molar-refractivity contribution in [3.63, 3.8) is 0 Å². The van der Waals surface area contributed by atoms with Crippen LogP contribution in [0.25, 0.3) is 0 Å². The topological polar surface area (TPSA) is 49.8 Å². The standard InChI is InChI=1S/C12H19N3O/c16-12-7-11(9-3-1-4-9)14-15(12)10-5-2-6-13-8-10/h7,9-10,13-14H,1-6,8H2/t10-/m1/s1. The fourth-order valence-electron chi connectivity index (χ4n) is 2.68. The quantitative estimate of drug-likeness (QED) is 0.792. The second kappa shape index (κ2) is 4.09. The third-order valence-corrected chi connectivity index (χ3v) is 3.95. The zero-order chi connectivity index (χ0) is 11.0. The normalized spacial score (nSPS) is 26.6. The van der Waals surface area contributed by atoms with Crippen LogP contribution in [0.1, 0.15) is 49.8 Å². The lowest BCUT2D eigenvalue weighted by molar-refractivity contribution is 0.332. The van der Waals surface area contributed by atoms with Gasteiger partial charge in [-0.05, 0) is 32.2 Å². The van der Waals surface area contributed by atoms with Gasteiger partial charge in [0.25, 0.3) is 5.56 Å².